The van der Waals surface area contributed by atoms with E-state index in [1.54, 1.807) is 43.3 Å². The number of phenolic OH excluding ortho intramolecular Hbond substituents is 1. The number of hydrazone groups is 1. The molecule has 0 radical (unpaired) electrons. The van der Waals surface area contributed by atoms with Crippen molar-refractivity contribution in [3.63, 3.8) is 0 Å². The molecule has 0 aliphatic carbocycles. The molecule has 0 bridgehead atoms. The number of nitrogens with zero attached hydrogens (tertiary/aromatic N) is 2. The molecule has 178 valence electrons. The van der Waals surface area contributed by atoms with Gasteiger partial charge in [0.2, 0.25) is 0 Å². The first-order chi connectivity index (χ1) is 16.3. The van der Waals surface area contributed by atoms with Crippen molar-refractivity contribution in [3.05, 3.63) is 76.3 Å². The van der Waals surface area contributed by atoms with E-state index in [0.29, 0.717) is 17.9 Å². The van der Waals surface area contributed by atoms with Crippen molar-refractivity contribution in [1.29, 1.82) is 0 Å². The predicted octanol–water partition coefficient (Wildman–Crippen LogP) is 3.95. The number of anilines is 2. The first kappa shape index (κ1) is 24.3. The Morgan fingerprint density at radius 3 is 2.53 bits per heavy atom. The van der Waals surface area contributed by atoms with E-state index in [1.807, 2.05) is 0 Å². The number of hydrogen-bond donors (Lipinski definition) is 3. The topological polar surface area (TPSA) is 152 Å². The van der Waals surface area contributed by atoms with E-state index in [1.165, 1.54) is 31.5 Å². The van der Waals surface area contributed by atoms with Crippen LogP contribution in [0.25, 0.3) is 0 Å². The van der Waals surface area contributed by atoms with Crippen molar-refractivity contribution in [2.45, 2.75) is 11.8 Å². The van der Waals surface area contributed by atoms with Gasteiger partial charge in [-0.15, -0.1) is 0 Å². The van der Waals surface area contributed by atoms with Gasteiger partial charge in [0, 0.05) is 11.6 Å². The minimum atomic E-state index is -4.15. The van der Waals surface area contributed by atoms with Crippen LogP contribution in [0.15, 0.2) is 70.7 Å². The van der Waals surface area contributed by atoms with Gasteiger partial charge in [0.25, 0.3) is 15.7 Å². The van der Waals surface area contributed by atoms with Gasteiger partial charge < -0.3 is 14.6 Å². The van der Waals surface area contributed by atoms with Crippen LogP contribution in [0.4, 0.5) is 17.1 Å². The van der Waals surface area contributed by atoms with Crippen LogP contribution in [-0.4, -0.2) is 38.4 Å². The van der Waals surface area contributed by atoms with Gasteiger partial charge in [0.1, 0.15) is 11.4 Å². The van der Waals surface area contributed by atoms with Crippen molar-refractivity contribution < 1.29 is 27.9 Å². The molecule has 0 fully saturated rings. The fourth-order valence-electron chi connectivity index (χ4n) is 2.94. The Hall–Kier alpha value is -4.32. The Labute approximate surface area is 195 Å². The maximum absolute atomic E-state index is 12.8. The molecule has 0 heterocycles. The highest BCUT2D eigenvalue weighted by Crippen LogP contribution is 2.31. The average Bonchev–Trinajstić information content (AvgIpc) is 2.81. The van der Waals surface area contributed by atoms with E-state index in [0.717, 1.165) is 6.07 Å². The highest BCUT2D eigenvalue weighted by Gasteiger charge is 2.22. The summed E-state index contributed by atoms with van der Waals surface area (Å²) in [4.78, 5) is 10.5. The van der Waals surface area contributed by atoms with Crippen LogP contribution < -0.4 is 19.6 Å². The summed E-state index contributed by atoms with van der Waals surface area (Å²) in [5, 5.41) is 25.7. The number of phenols is 1. The molecule has 0 unspecified atom stereocenters. The van der Waals surface area contributed by atoms with Crippen molar-refractivity contribution >= 4 is 33.3 Å². The Kier molecular flexibility index (Phi) is 7.53. The summed E-state index contributed by atoms with van der Waals surface area (Å²) in [7, 11) is -2.75. The van der Waals surface area contributed by atoms with Crippen LogP contribution in [0.5, 0.6) is 17.2 Å². The van der Waals surface area contributed by atoms with E-state index < -0.39 is 20.6 Å². The number of para-hydroxylation sites is 3. The van der Waals surface area contributed by atoms with Gasteiger partial charge in [-0.3, -0.25) is 20.3 Å². The lowest BCUT2D eigenvalue weighted by Gasteiger charge is -2.12. The summed E-state index contributed by atoms with van der Waals surface area (Å²) >= 11 is 0. The molecule has 3 aromatic carbocycles. The monoisotopic (exact) mass is 486 g/mol. The standard InChI is InChI=1S/C22H22N4O7S/c1-3-33-21-10-6-7-15(22(21)27)14-23-24-17-12-11-16(13-19(17)26(28)29)34(30,31)25-18-8-4-5-9-20(18)32-2/h4-14,24-25,27H,3H2,1-2H3/b23-14+. The third kappa shape index (κ3) is 5.53. The fourth-order valence-corrected chi connectivity index (χ4v) is 4.03. The number of benzene rings is 3. The first-order valence-electron chi connectivity index (χ1n) is 9.95. The minimum Gasteiger partial charge on any atom is -0.504 e. The fraction of sp³-hybridized carbons (Fsp3) is 0.136. The molecule has 0 aliphatic heterocycles. The van der Waals surface area contributed by atoms with Crippen LogP contribution in [0.2, 0.25) is 0 Å². The highest BCUT2D eigenvalue weighted by atomic mass is 32.2. The average molecular weight is 487 g/mol. The van der Waals surface area contributed by atoms with Crippen molar-refractivity contribution in [2.24, 2.45) is 5.10 Å². The predicted molar refractivity (Wildman–Crippen MR) is 127 cm³/mol. The van der Waals surface area contributed by atoms with Gasteiger partial charge in [-0.25, -0.2) is 8.42 Å². The number of aromatic hydroxyl groups is 1. The van der Waals surface area contributed by atoms with Gasteiger partial charge in [-0.1, -0.05) is 18.2 Å². The molecular weight excluding hydrogens is 464 g/mol. The number of hydrogen-bond acceptors (Lipinski definition) is 9. The number of nitro groups is 1. The number of nitrogens with one attached hydrogen (secondary N) is 2. The molecular formula is C22H22N4O7S. The summed E-state index contributed by atoms with van der Waals surface area (Å²) in [5.41, 5.74) is 2.47. The Morgan fingerprint density at radius 2 is 1.82 bits per heavy atom. The largest absolute Gasteiger partial charge is 0.504 e. The van der Waals surface area contributed by atoms with E-state index in [-0.39, 0.29) is 27.8 Å². The number of nitro benzene ring substituents is 1. The van der Waals surface area contributed by atoms with Crippen LogP contribution in [0.3, 0.4) is 0 Å². The summed E-state index contributed by atoms with van der Waals surface area (Å²) < 4.78 is 38.4. The normalized spacial score (nSPS) is 11.2. The zero-order valence-corrected chi connectivity index (χ0v) is 19.1. The molecule has 3 rings (SSSR count). The third-order valence-electron chi connectivity index (χ3n) is 4.55. The molecule has 0 aromatic heterocycles. The van der Waals surface area contributed by atoms with Crippen LogP contribution in [0.1, 0.15) is 12.5 Å². The molecule has 0 amide bonds. The lowest BCUT2D eigenvalue weighted by molar-refractivity contribution is -0.384. The molecule has 3 aromatic rings. The molecule has 11 nitrogen and oxygen atoms in total. The van der Waals surface area contributed by atoms with E-state index in [9.17, 15) is 23.6 Å². The first-order valence-corrected chi connectivity index (χ1v) is 11.4. The zero-order chi connectivity index (χ0) is 24.7. The van der Waals surface area contributed by atoms with Gasteiger partial charge in [0.15, 0.2) is 11.5 Å². The van der Waals surface area contributed by atoms with Crippen LogP contribution in [-0.2, 0) is 10.0 Å². The second-order valence-electron chi connectivity index (χ2n) is 6.74. The lowest BCUT2D eigenvalue weighted by Crippen LogP contribution is -2.14. The highest BCUT2D eigenvalue weighted by molar-refractivity contribution is 7.92. The number of rotatable bonds is 10. The van der Waals surface area contributed by atoms with E-state index in [2.05, 4.69) is 15.2 Å². The molecule has 34 heavy (non-hydrogen) atoms. The molecule has 0 saturated heterocycles. The molecule has 0 spiro atoms. The summed E-state index contributed by atoms with van der Waals surface area (Å²) in [6, 6.07) is 14.6. The molecule has 3 N–H and O–H groups in total. The molecule has 0 aliphatic rings. The number of ether oxygens (including phenoxy) is 2. The van der Waals surface area contributed by atoms with Crippen LogP contribution in [0, 0.1) is 10.1 Å². The third-order valence-corrected chi connectivity index (χ3v) is 5.91. The molecule has 0 saturated carbocycles. The van der Waals surface area contributed by atoms with E-state index >= 15 is 0 Å². The zero-order valence-electron chi connectivity index (χ0n) is 18.3. The summed E-state index contributed by atoms with van der Waals surface area (Å²) in [5.74, 6) is 0.438. The van der Waals surface area contributed by atoms with Crippen molar-refractivity contribution in [1.82, 2.24) is 0 Å². The van der Waals surface area contributed by atoms with Gasteiger partial charge in [0.05, 0.1) is 35.4 Å². The smallest absolute Gasteiger partial charge is 0.295 e. The van der Waals surface area contributed by atoms with Gasteiger partial charge in [-0.2, -0.15) is 5.10 Å². The van der Waals surface area contributed by atoms with Crippen LogP contribution >= 0.6 is 0 Å². The van der Waals surface area contributed by atoms with Crippen molar-refractivity contribution in [3.8, 4) is 17.2 Å². The quantitative estimate of drug-likeness (QED) is 0.221. The van der Waals surface area contributed by atoms with E-state index in [4.69, 9.17) is 9.47 Å². The molecule has 0 atom stereocenters. The lowest BCUT2D eigenvalue weighted by atomic mass is 10.2. The second kappa shape index (κ2) is 10.5. The van der Waals surface area contributed by atoms with Crippen molar-refractivity contribution in [2.75, 3.05) is 23.9 Å². The maximum Gasteiger partial charge on any atom is 0.295 e. The number of sulfonamides is 1. The minimum absolute atomic E-state index is 0.0436. The van der Waals surface area contributed by atoms with Gasteiger partial charge in [-0.05, 0) is 43.3 Å². The molecule has 12 heteroatoms. The summed E-state index contributed by atoms with van der Waals surface area (Å²) in [6.07, 6.45) is 1.26. The Balaban J connectivity index is 1.85. The maximum atomic E-state index is 12.8. The second-order valence-corrected chi connectivity index (χ2v) is 8.42. The van der Waals surface area contributed by atoms with Gasteiger partial charge >= 0.3 is 0 Å². The number of methoxy groups -OCH3 is 1. The summed E-state index contributed by atoms with van der Waals surface area (Å²) in [6.45, 7) is 2.14. The Morgan fingerprint density at radius 1 is 1.09 bits per heavy atom. The Bertz CT molecular complexity index is 1330. The SMILES string of the molecule is CCOc1cccc(/C=N/Nc2ccc(S(=O)(=O)Nc3ccccc3OC)cc2[N+](=O)[O-])c1O.